The van der Waals surface area contributed by atoms with Crippen LogP contribution in [0.4, 0.5) is 5.69 Å². The molecule has 0 aliphatic rings. The van der Waals surface area contributed by atoms with Crippen molar-refractivity contribution >= 4 is 22.9 Å². The Bertz CT molecular complexity index is 641. The van der Waals surface area contributed by atoms with Crippen LogP contribution in [0.15, 0.2) is 30.5 Å². The number of hydrogen-bond acceptors (Lipinski definition) is 4. The van der Waals surface area contributed by atoms with Gasteiger partial charge in [0.1, 0.15) is 6.29 Å². The highest BCUT2D eigenvalue weighted by Crippen LogP contribution is 2.26. The lowest BCUT2D eigenvalue weighted by atomic mass is 10.0. The van der Waals surface area contributed by atoms with Crippen molar-refractivity contribution in [1.82, 2.24) is 4.98 Å². The van der Waals surface area contributed by atoms with Crippen molar-refractivity contribution in [2.45, 2.75) is 19.4 Å². The molecule has 2 aromatic rings. The second-order valence-corrected chi connectivity index (χ2v) is 4.64. The number of carbonyl (C=O) groups excluding carboxylic acids is 1. The maximum absolute atomic E-state index is 11.0. The van der Waals surface area contributed by atoms with Crippen molar-refractivity contribution in [2.75, 3.05) is 5.32 Å². The number of fused-ring (bicyclic) bond motifs is 1. The summed E-state index contributed by atoms with van der Waals surface area (Å²) in [5.41, 5.74) is 1.36. The van der Waals surface area contributed by atoms with E-state index in [1.807, 2.05) is 6.07 Å². The molecule has 0 saturated heterocycles. The van der Waals surface area contributed by atoms with Crippen LogP contribution in [0.1, 0.15) is 19.4 Å². The van der Waals surface area contributed by atoms with Crippen molar-refractivity contribution in [3.63, 3.8) is 0 Å². The fourth-order valence-electron chi connectivity index (χ4n) is 1.75. The highest BCUT2D eigenvalue weighted by molar-refractivity contribution is 5.95. The molecule has 1 aromatic carbocycles. The monoisotopic (exact) mass is 239 g/mol. The molecule has 0 unspecified atom stereocenters. The molecular formula is C14H13N3O. The number of benzene rings is 1. The van der Waals surface area contributed by atoms with E-state index in [0.29, 0.717) is 11.1 Å². The number of anilines is 1. The number of aromatic nitrogens is 1. The molecule has 0 spiro atoms. The summed E-state index contributed by atoms with van der Waals surface area (Å²) in [5, 5.41) is 13.0. The first-order valence-corrected chi connectivity index (χ1v) is 5.60. The Balaban J connectivity index is 2.61. The highest BCUT2D eigenvalue weighted by atomic mass is 16.1. The number of nitrogens with zero attached hydrogens (tertiary/aromatic N) is 2. The first-order valence-electron chi connectivity index (χ1n) is 5.60. The van der Waals surface area contributed by atoms with Gasteiger partial charge >= 0.3 is 0 Å². The third-order valence-corrected chi connectivity index (χ3v) is 2.64. The molecular weight excluding hydrogens is 226 g/mol. The van der Waals surface area contributed by atoms with Gasteiger partial charge in [-0.3, -0.25) is 4.98 Å². The Morgan fingerprint density at radius 3 is 2.83 bits per heavy atom. The van der Waals surface area contributed by atoms with Crippen LogP contribution in [0.25, 0.3) is 10.9 Å². The molecule has 2 rings (SSSR count). The fraction of sp³-hybridized carbons (Fsp3) is 0.214. The van der Waals surface area contributed by atoms with E-state index >= 15 is 0 Å². The van der Waals surface area contributed by atoms with E-state index < -0.39 is 5.54 Å². The Hall–Kier alpha value is -2.41. The van der Waals surface area contributed by atoms with Gasteiger partial charge in [-0.25, -0.2) is 0 Å². The number of rotatable bonds is 3. The maximum atomic E-state index is 11.0. The Labute approximate surface area is 105 Å². The van der Waals surface area contributed by atoms with Crippen LogP contribution in [0, 0.1) is 11.3 Å². The summed E-state index contributed by atoms with van der Waals surface area (Å²) in [4.78, 5) is 15.2. The third-order valence-electron chi connectivity index (χ3n) is 2.64. The summed E-state index contributed by atoms with van der Waals surface area (Å²) >= 11 is 0. The van der Waals surface area contributed by atoms with Crippen LogP contribution in [-0.4, -0.2) is 16.8 Å². The molecule has 0 bridgehead atoms. The number of hydrogen-bond donors (Lipinski definition) is 1. The average Bonchev–Trinajstić information content (AvgIpc) is 2.39. The van der Waals surface area contributed by atoms with Crippen LogP contribution in [0.2, 0.25) is 0 Å². The van der Waals surface area contributed by atoms with Gasteiger partial charge in [-0.1, -0.05) is 0 Å². The van der Waals surface area contributed by atoms with Gasteiger partial charge in [0.25, 0.3) is 0 Å². The van der Waals surface area contributed by atoms with Crippen LogP contribution >= 0.6 is 0 Å². The number of aldehydes is 1. The van der Waals surface area contributed by atoms with E-state index in [1.165, 1.54) is 0 Å². The van der Waals surface area contributed by atoms with Gasteiger partial charge in [-0.05, 0) is 38.1 Å². The minimum absolute atomic E-state index is 0.576. The molecule has 0 aliphatic carbocycles. The predicted molar refractivity (Wildman–Crippen MR) is 70.2 cm³/mol. The van der Waals surface area contributed by atoms with E-state index in [1.54, 1.807) is 38.2 Å². The van der Waals surface area contributed by atoms with Gasteiger partial charge in [0.05, 0.1) is 28.4 Å². The summed E-state index contributed by atoms with van der Waals surface area (Å²) in [6.45, 7) is 3.57. The van der Waals surface area contributed by atoms with Crippen molar-refractivity contribution in [2.24, 2.45) is 0 Å². The lowest BCUT2D eigenvalue weighted by Crippen LogP contribution is -2.32. The van der Waals surface area contributed by atoms with Crippen LogP contribution in [-0.2, 0) is 4.79 Å². The summed E-state index contributed by atoms with van der Waals surface area (Å²) in [7, 11) is 0. The first kappa shape index (κ1) is 12.1. The second kappa shape index (κ2) is 4.46. The molecule has 1 N–H and O–H groups in total. The molecule has 0 radical (unpaired) electrons. The fourth-order valence-corrected chi connectivity index (χ4v) is 1.75. The van der Waals surface area contributed by atoms with E-state index in [0.717, 1.165) is 17.4 Å². The van der Waals surface area contributed by atoms with Crippen LogP contribution in [0.5, 0.6) is 0 Å². The normalized spacial score (nSPS) is 10.9. The van der Waals surface area contributed by atoms with Crippen molar-refractivity contribution in [3.8, 4) is 6.07 Å². The molecule has 4 heteroatoms. The number of carbonyl (C=O) groups is 1. The maximum Gasteiger partial charge on any atom is 0.144 e. The first-order chi connectivity index (χ1) is 8.57. The Morgan fingerprint density at radius 2 is 2.17 bits per heavy atom. The largest absolute Gasteiger partial charge is 0.372 e. The molecule has 4 nitrogen and oxygen atoms in total. The van der Waals surface area contributed by atoms with Crippen molar-refractivity contribution in [1.29, 1.82) is 5.26 Å². The van der Waals surface area contributed by atoms with E-state index in [-0.39, 0.29) is 0 Å². The van der Waals surface area contributed by atoms with E-state index in [2.05, 4.69) is 16.4 Å². The SMILES string of the molecule is CC(C)(C=O)Nc1ccc(C#N)c2cccnc12. The Morgan fingerprint density at radius 1 is 1.39 bits per heavy atom. The number of nitriles is 1. The summed E-state index contributed by atoms with van der Waals surface area (Å²) in [5.74, 6) is 0. The lowest BCUT2D eigenvalue weighted by molar-refractivity contribution is -0.110. The van der Waals surface area contributed by atoms with Gasteiger partial charge in [0, 0.05) is 11.6 Å². The van der Waals surface area contributed by atoms with Crippen molar-refractivity contribution in [3.05, 3.63) is 36.0 Å². The minimum atomic E-state index is -0.668. The molecule has 90 valence electrons. The topological polar surface area (TPSA) is 65.8 Å². The Kier molecular flexibility index (Phi) is 2.99. The molecule has 1 aromatic heterocycles. The quantitative estimate of drug-likeness (QED) is 0.836. The predicted octanol–water partition coefficient (Wildman–Crippen LogP) is 2.50. The molecule has 0 aliphatic heterocycles. The zero-order valence-corrected chi connectivity index (χ0v) is 10.3. The van der Waals surface area contributed by atoms with Gasteiger partial charge in [0.2, 0.25) is 0 Å². The molecule has 18 heavy (non-hydrogen) atoms. The van der Waals surface area contributed by atoms with E-state index in [4.69, 9.17) is 5.26 Å². The van der Waals surface area contributed by atoms with Crippen molar-refractivity contribution < 1.29 is 4.79 Å². The molecule has 0 amide bonds. The standard InChI is InChI=1S/C14H13N3O/c1-14(2,9-18)17-12-6-5-10(8-15)11-4-3-7-16-13(11)12/h3-7,9,17H,1-2H3. The van der Waals surface area contributed by atoms with Gasteiger partial charge in [0.15, 0.2) is 0 Å². The smallest absolute Gasteiger partial charge is 0.144 e. The minimum Gasteiger partial charge on any atom is -0.372 e. The van der Waals surface area contributed by atoms with E-state index in [9.17, 15) is 4.79 Å². The molecule has 1 heterocycles. The zero-order valence-electron chi connectivity index (χ0n) is 10.3. The van der Waals surface area contributed by atoms with Crippen LogP contribution in [0.3, 0.4) is 0 Å². The third kappa shape index (κ3) is 2.16. The average molecular weight is 239 g/mol. The van der Waals surface area contributed by atoms with Crippen LogP contribution < -0.4 is 5.32 Å². The summed E-state index contributed by atoms with van der Waals surface area (Å²) < 4.78 is 0. The number of pyridine rings is 1. The number of nitrogens with one attached hydrogen (secondary N) is 1. The van der Waals surface area contributed by atoms with Gasteiger partial charge < -0.3 is 10.1 Å². The van der Waals surface area contributed by atoms with Gasteiger partial charge in [-0.2, -0.15) is 5.26 Å². The highest BCUT2D eigenvalue weighted by Gasteiger charge is 2.17. The molecule has 0 fully saturated rings. The zero-order chi connectivity index (χ0) is 13.2. The van der Waals surface area contributed by atoms with Gasteiger partial charge in [-0.15, -0.1) is 0 Å². The molecule has 0 atom stereocenters. The molecule has 0 saturated carbocycles. The summed E-state index contributed by atoms with van der Waals surface area (Å²) in [6.07, 6.45) is 2.52. The second-order valence-electron chi connectivity index (χ2n) is 4.64. The lowest BCUT2D eigenvalue weighted by Gasteiger charge is -2.21. The summed E-state index contributed by atoms with van der Waals surface area (Å²) in [6, 6.07) is 9.28.